The maximum atomic E-state index is 13.2. The second-order valence-electron chi connectivity index (χ2n) is 17.9. The zero-order valence-corrected chi connectivity index (χ0v) is 41.0. The van der Waals surface area contributed by atoms with Crippen LogP contribution in [0, 0.1) is 0 Å². The van der Waals surface area contributed by atoms with Crippen molar-refractivity contribution in [2.24, 2.45) is 0 Å². The molecule has 0 aliphatic rings. The lowest BCUT2D eigenvalue weighted by Gasteiger charge is -2.24. The molecule has 3 atom stereocenters. The normalized spacial score (nSPS) is 13.7. The summed E-state index contributed by atoms with van der Waals surface area (Å²) >= 11 is 0. The zero-order valence-electron chi connectivity index (χ0n) is 41.0. The van der Waals surface area contributed by atoms with Gasteiger partial charge < -0.3 is 20.3 Å². The third-order valence-corrected chi connectivity index (χ3v) is 11.8. The average molecular weight is 868 g/mol. The molecule has 360 valence electrons. The Hall–Kier alpha value is -2.44. The van der Waals surface area contributed by atoms with Gasteiger partial charge in [0, 0.05) is 6.42 Å². The summed E-state index contributed by atoms with van der Waals surface area (Å²) in [7, 11) is 0. The molecule has 0 heterocycles. The molecule has 6 nitrogen and oxygen atoms in total. The van der Waals surface area contributed by atoms with Crippen LogP contribution in [0.4, 0.5) is 0 Å². The number of esters is 1. The summed E-state index contributed by atoms with van der Waals surface area (Å²) in [5.41, 5.74) is 0. The van der Waals surface area contributed by atoms with E-state index in [0.717, 1.165) is 70.6 Å². The third kappa shape index (κ3) is 44.2. The van der Waals surface area contributed by atoms with Crippen LogP contribution in [-0.4, -0.2) is 46.9 Å². The highest BCUT2D eigenvalue weighted by atomic mass is 16.5. The second kappa shape index (κ2) is 49.6. The summed E-state index contributed by atoms with van der Waals surface area (Å²) in [4.78, 5) is 26.1. The number of nitrogens with one attached hydrogen (secondary N) is 1. The summed E-state index contributed by atoms with van der Waals surface area (Å²) in [6, 6.07) is -0.720. The van der Waals surface area contributed by atoms with E-state index in [-0.39, 0.29) is 24.9 Å². The molecule has 3 N–H and O–H groups in total. The first kappa shape index (κ1) is 59.6. The molecule has 0 aromatic rings. The van der Waals surface area contributed by atoms with E-state index in [2.05, 4.69) is 86.8 Å². The van der Waals surface area contributed by atoms with Crippen LogP contribution in [0.2, 0.25) is 0 Å². The number of amides is 1. The Morgan fingerprint density at radius 2 is 0.839 bits per heavy atom. The number of rotatable bonds is 47. The molecule has 0 saturated heterocycles. The second-order valence-corrected chi connectivity index (χ2v) is 17.9. The zero-order chi connectivity index (χ0) is 45.2. The largest absolute Gasteiger partial charge is 0.462 e. The summed E-state index contributed by atoms with van der Waals surface area (Å²) in [5, 5.41) is 23.7. The van der Waals surface area contributed by atoms with Gasteiger partial charge in [0.05, 0.1) is 25.2 Å². The molecule has 0 radical (unpaired) electrons. The topological polar surface area (TPSA) is 95.9 Å². The van der Waals surface area contributed by atoms with Gasteiger partial charge in [-0.1, -0.05) is 216 Å². The average Bonchev–Trinajstić information content (AvgIpc) is 3.26. The number of allylic oxidation sites excluding steroid dienone is 10. The van der Waals surface area contributed by atoms with Crippen LogP contribution in [0.5, 0.6) is 0 Å². The molecule has 0 aliphatic carbocycles. The molecule has 0 rings (SSSR count). The van der Waals surface area contributed by atoms with Gasteiger partial charge in [-0.25, -0.2) is 0 Å². The van der Waals surface area contributed by atoms with Crippen molar-refractivity contribution in [2.45, 2.75) is 277 Å². The van der Waals surface area contributed by atoms with E-state index in [4.69, 9.17) is 4.74 Å². The van der Waals surface area contributed by atoms with Crippen LogP contribution < -0.4 is 5.32 Å². The molecule has 6 heteroatoms. The Balaban J connectivity index is 4.67. The van der Waals surface area contributed by atoms with Crippen LogP contribution >= 0.6 is 0 Å². The molecule has 0 aromatic heterocycles. The molecule has 0 saturated carbocycles. The number of unbranched alkanes of at least 4 members (excludes halogenated alkanes) is 25. The van der Waals surface area contributed by atoms with Gasteiger partial charge in [-0.2, -0.15) is 0 Å². The number of carbonyl (C=O) groups excluding carboxylic acids is 2. The fraction of sp³-hybridized carbons (Fsp3) is 0.786. The van der Waals surface area contributed by atoms with Crippen molar-refractivity contribution in [3.8, 4) is 0 Å². The van der Waals surface area contributed by atoms with Crippen LogP contribution in [0.3, 0.4) is 0 Å². The SMILES string of the molecule is CCCCC/C=C\C/C=C\C/C=C\C/C=C\CCCC(CC(=O)NC(CO)C(O)CCCCCCCCCCC)OC(=O)CCCCCCCCC/C=C/CCCCCCCC. The molecule has 1 amide bonds. The summed E-state index contributed by atoms with van der Waals surface area (Å²) < 4.78 is 5.91. The van der Waals surface area contributed by atoms with Gasteiger partial charge in [0.1, 0.15) is 6.10 Å². The van der Waals surface area contributed by atoms with E-state index in [0.29, 0.717) is 19.3 Å². The van der Waals surface area contributed by atoms with E-state index in [9.17, 15) is 19.8 Å². The van der Waals surface area contributed by atoms with Crippen LogP contribution in [0.25, 0.3) is 0 Å². The predicted molar refractivity (Wildman–Crippen MR) is 268 cm³/mol. The number of hydrogen-bond donors (Lipinski definition) is 3. The van der Waals surface area contributed by atoms with Crippen LogP contribution in [-0.2, 0) is 14.3 Å². The summed E-state index contributed by atoms with van der Waals surface area (Å²) in [5.74, 6) is -0.531. The summed E-state index contributed by atoms with van der Waals surface area (Å²) in [6.45, 7) is 6.42. The number of aliphatic hydroxyl groups excluding tert-OH is 2. The van der Waals surface area contributed by atoms with Gasteiger partial charge in [-0.3, -0.25) is 9.59 Å². The highest BCUT2D eigenvalue weighted by Gasteiger charge is 2.24. The van der Waals surface area contributed by atoms with Crippen LogP contribution in [0.1, 0.15) is 258 Å². The third-order valence-electron chi connectivity index (χ3n) is 11.8. The quantitative estimate of drug-likeness (QED) is 0.0322. The van der Waals surface area contributed by atoms with Crippen molar-refractivity contribution in [1.29, 1.82) is 0 Å². The first-order chi connectivity index (χ1) is 30.5. The maximum absolute atomic E-state index is 13.2. The Labute approximate surface area is 384 Å². The molecule has 3 unspecified atom stereocenters. The number of hydrogen-bond acceptors (Lipinski definition) is 5. The molecule has 62 heavy (non-hydrogen) atoms. The standard InChI is InChI=1S/C56H101NO5/c1-4-7-10-13-16-19-21-23-25-27-29-31-33-36-38-41-44-47-52(50-55(60)57-53(51-58)54(59)48-45-42-39-35-18-15-12-9-6-3)62-56(61)49-46-43-40-37-34-32-30-28-26-24-22-20-17-14-11-8-5-2/h16,19,23-26,29,31,36,38,52-54,58-59H,4-15,17-18,20-22,27-28,30,32-35,37,39-51H2,1-3H3,(H,57,60)/b19-16-,25-23-,26-24+,31-29-,38-36-. The van der Waals surface area contributed by atoms with Crippen molar-refractivity contribution >= 4 is 11.9 Å². The smallest absolute Gasteiger partial charge is 0.306 e. The monoisotopic (exact) mass is 868 g/mol. The predicted octanol–water partition coefficient (Wildman–Crippen LogP) is 16.0. The fourth-order valence-corrected chi connectivity index (χ4v) is 7.77. The van der Waals surface area contributed by atoms with Crippen molar-refractivity contribution in [3.63, 3.8) is 0 Å². The van der Waals surface area contributed by atoms with Crippen molar-refractivity contribution in [2.75, 3.05) is 6.61 Å². The highest BCUT2D eigenvalue weighted by Crippen LogP contribution is 2.17. The Morgan fingerprint density at radius 3 is 1.32 bits per heavy atom. The molecule has 0 aliphatic heterocycles. The van der Waals surface area contributed by atoms with E-state index in [1.807, 2.05) is 0 Å². The minimum atomic E-state index is -0.802. The summed E-state index contributed by atoms with van der Waals surface area (Å²) in [6.07, 6.45) is 61.4. The Morgan fingerprint density at radius 1 is 0.468 bits per heavy atom. The van der Waals surface area contributed by atoms with Gasteiger partial charge in [-0.05, 0) is 89.9 Å². The van der Waals surface area contributed by atoms with E-state index in [1.54, 1.807) is 0 Å². The van der Waals surface area contributed by atoms with Gasteiger partial charge >= 0.3 is 5.97 Å². The van der Waals surface area contributed by atoms with Gasteiger partial charge in [0.25, 0.3) is 0 Å². The van der Waals surface area contributed by atoms with E-state index >= 15 is 0 Å². The molecule has 0 spiro atoms. The van der Waals surface area contributed by atoms with Gasteiger partial charge in [0.15, 0.2) is 0 Å². The lowest BCUT2D eigenvalue weighted by atomic mass is 10.0. The van der Waals surface area contributed by atoms with E-state index in [1.165, 1.54) is 141 Å². The molecule has 0 fully saturated rings. The van der Waals surface area contributed by atoms with E-state index < -0.39 is 18.2 Å². The Kier molecular flexibility index (Phi) is 47.6. The first-order valence-corrected chi connectivity index (χ1v) is 26.5. The highest BCUT2D eigenvalue weighted by molar-refractivity contribution is 5.77. The fourth-order valence-electron chi connectivity index (χ4n) is 7.77. The Bertz CT molecular complexity index is 1110. The number of ether oxygens (including phenoxy) is 1. The van der Waals surface area contributed by atoms with Gasteiger partial charge in [-0.15, -0.1) is 0 Å². The molecular weight excluding hydrogens is 767 g/mol. The van der Waals surface area contributed by atoms with Crippen molar-refractivity contribution in [1.82, 2.24) is 5.32 Å². The molecular formula is C56H101NO5. The van der Waals surface area contributed by atoms with Crippen molar-refractivity contribution in [3.05, 3.63) is 60.8 Å². The van der Waals surface area contributed by atoms with Crippen LogP contribution in [0.15, 0.2) is 60.8 Å². The molecule has 0 aromatic carbocycles. The minimum Gasteiger partial charge on any atom is -0.462 e. The van der Waals surface area contributed by atoms with Crippen molar-refractivity contribution < 1.29 is 24.5 Å². The number of aliphatic hydroxyl groups is 2. The molecule has 0 bridgehead atoms. The minimum absolute atomic E-state index is 0.0375. The maximum Gasteiger partial charge on any atom is 0.306 e. The van der Waals surface area contributed by atoms with Gasteiger partial charge in [0.2, 0.25) is 5.91 Å². The first-order valence-electron chi connectivity index (χ1n) is 26.5. The lowest BCUT2D eigenvalue weighted by molar-refractivity contribution is -0.151. The number of carbonyl (C=O) groups is 2. The lowest BCUT2D eigenvalue weighted by Crippen LogP contribution is -2.46.